The van der Waals surface area contributed by atoms with Crippen molar-refractivity contribution in [3.63, 3.8) is 0 Å². The highest BCUT2D eigenvalue weighted by Crippen LogP contribution is 2.29. The van der Waals surface area contributed by atoms with Crippen molar-refractivity contribution >= 4 is 17.5 Å². The molecule has 1 fully saturated rings. The molecular formula is C19H26ClN5O. The number of hydrogen-bond acceptors (Lipinski definition) is 4. The lowest BCUT2D eigenvalue weighted by molar-refractivity contribution is 0.0940. The predicted molar refractivity (Wildman–Crippen MR) is 103 cm³/mol. The molecular weight excluding hydrogens is 350 g/mol. The Kier molecular flexibility index (Phi) is 5.63. The van der Waals surface area contributed by atoms with Gasteiger partial charge in [0, 0.05) is 17.0 Å². The van der Waals surface area contributed by atoms with E-state index in [0.717, 1.165) is 37.2 Å². The van der Waals surface area contributed by atoms with Crippen molar-refractivity contribution in [3.05, 3.63) is 46.2 Å². The second-order valence-corrected chi connectivity index (χ2v) is 7.90. The Bertz CT molecular complexity index is 780. The van der Waals surface area contributed by atoms with Gasteiger partial charge in [0.1, 0.15) is 0 Å². The summed E-state index contributed by atoms with van der Waals surface area (Å²) in [5.41, 5.74) is 1.95. The van der Waals surface area contributed by atoms with E-state index in [1.807, 2.05) is 35.9 Å². The Morgan fingerprint density at radius 2 is 2.04 bits per heavy atom. The minimum absolute atomic E-state index is 0.192. The van der Waals surface area contributed by atoms with Gasteiger partial charge in [-0.15, -0.1) is 5.10 Å². The van der Waals surface area contributed by atoms with Gasteiger partial charge in [0.2, 0.25) is 0 Å². The largest absolute Gasteiger partial charge is 0.350 e. The average molecular weight is 376 g/mol. The van der Waals surface area contributed by atoms with Crippen molar-refractivity contribution in [1.29, 1.82) is 0 Å². The third-order valence-corrected chi connectivity index (χ3v) is 5.42. The van der Waals surface area contributed by atoms with Crippen molar-refractivity contribution in [1.82, 2.24) is 25.6 Å². The summed E-state index contributed by atoms with van der Waals surface area (Å²) in [6, 6.07) is 8.04. The van der Waals surface area contributed by atoms with Crippen molar-refractivity contribution in [2.45, 2.75) is 45.1 Å². The van der Waals surface area contributed by atoms with Crippen LogP contribution in [0.4, 0.5) is 0 Å². The molecule has 1 aromatic carbocycles. The molecule has 0 bridgehead atoms. The average Bonchev–Trinajstić information content (AvgIpc) is 3.02. The van der Waals surface area contributed by atoms with Crippen LogP contribution in [0.5, 0.6) is 0 Å². The van der Waals surface area contributed by atoms with Crippen LogP contribution in [-0.2, 0) is 5.41 Å². The molecule has 0 aliphatic carbocycles. The van der Waals surface area contributed by atoms with E-state index in [1.54, 1.807) is 0 Å². The van der Waals surface area contributed by atoms with Crippen LogP contribution >= 0.6 is 11.6 Å². The van der Waals surface area contributed by atoms with Gasteiger partial charge in [-0.3, -0.25) is 4.79 Å². The minimum Gasteiger partial charge on any atom is -0.350 e. The third kappa shape index (κ3) is 3.91. The van der Waals surface area contributed by atoms with Crippen molar-refractivity contribution in [2.75, 3.05) is 19.6 Å². The van der Waals surface area contributed by atoms with Gasteiger partial charge < -0.3 is 10.6 Å². The lowest BCUT2D eigenvalue weighted by Gasteiger charge is -2.26. The van der Waals surface area contributed by atoms with E-state index >= 15 is 0 Å². The second-order valence-electron chi connectivity index (χ2n) is 7.50. The first-order chi connectivity index (χ1) is 12.4. The monoisotopic (exact) mass is 375 g/mol. The van der Waals surface area contributed by atoms with Gasteiger partial charge in [0.15, 0.2) is 5.69 Å². The van der Waals surface area contributed by atoms with E-state index in [1.165, 1.54) is 0 Å². The molecule has 1 aliphatic heterocycles. The summed E-state index contributed by atoms with van der Waals surface area (Å²) < 4.78 is 1.90. The molecule has 1 amide bonds. The first-order valence-corrected chi connectivity index (χ1v) is 9.43. The topological polar surface area (TPSA) is 71.8 Å². The number of carbonyl (C=O) groups excluding carboxylic acids is 1. The molecule has 1 aromatic heterocycles. The van der Waals surface area contributed by atoms with E-state index in [2.05, 4.69) is 34.8 Å². The zero-order valence-electron chi connectivity index (χ0n) is 15.6. The molecule has 2 heterocycles. The number of benzene rings is 1. The van der Waals surface area contributed by atoms with Crippen molar-refractivity contribution < 1.29 is 4.79 Å². The number of halogens is 1. The van der Waals surface area contributed by atoms with Gasteiger partial charge in [0.25, 0.3) is 5.91 Å². The van der Waals surface area contributed by atoms with Crippen LogP contribution in [0.15, 0.2) is 24.3 Å². The van der Waals surface area contributed by atoms with E-state index < -0.39 is 0 Å². The number of nitrogens with one attached hydrogen (secondary N) is 2. The van der Waals surface area contributed by atoms with Crippen molar-refractivity contribution in [3.8, 4) is 0 Å². The van der Waals surface area contributed by atoms with Crippen molar-refractivity contribution in [2.24, 2.45) is 0 Å². The number of aromatic nitrogens is 3. The van der Waals surface area contributed by atoms with Gasteiger partial charge in [-0.2, -0.15) is 0 Å². The molecule has 26 heavy (non-hydrogen) atoms. The van der Waals surface area contributed by atoms with Crippen LogP contribution in [0.1, 0.15) is 54.5 Å². The number of nitrogens with zero attached hydrogens (tertiary/aromatic N) is 3. The predicted octanol–water partition coefficient (Wildman–Crippen LogP) is 2.87. The maximum Gasteiger partial charge on any atom is 0.273 e. The lowest BCUT2D eigenvalue weighted by Crippen LogP contribution is -2.37. The minimum atomic E-state index is -0.285. The molecule has 0 atom stereocenters. The number of rotatable bonds is 5. The molecule has 0 spiro atoms. The van der Waals surface area contributed by atoms with E-state index in [4.69, 9.17) is 11.6 Å². The Balaban J connectivity index is 1.69. The number of carbonyl (C=O) groups is 1. The summed E-state index contributed by atoms with van der Waals surface area (Å²) in [4.78, 5) is 12.7. The molecule has 2 N–H and O–H groups in total. The zero-order valence-corrected chi connectivity index (χ0v) is 16.3. The molecule has 1 aliphatic rings. The summed E-state index contributed by atoms with van der Waals surface area (Å²) in [5, 5.41) is 15.4. The normalized spacial score (nSPS) is 15.8. The molecule has 0 saturated carbocycles. The highest BCUT2D eigenvalue weighted by molar-refractivity contribution is 6.31. The maximum absolute atomic E-state index is 12.7. The summed E-state index contributed by atoms with van der Waals surface area (Å²) in [7, 11) is 0. The molecule has 2 aromatic rings. The molecule has 140 valence electrons. The molecule has 6 nitrogen and oxygen atoms in total. The lowest BCUT2D eigenvalue weighted by atomic mass is 9.84. The van der Waals surface area contributed by atoms with Gasteiger partial charge in [0.05, 0.1) is 11.7 Å². The first kappa shape index (κ1) is 18.9. The Morgan fingerprint density at radius 1 is 1.35 bits per heavy atom. The van der Waals surface area contributed by atoms with E-state index in [0.29, 0.717) is 23.3 Å². The molecule has 0 unspecified atom stereocenters. The maximum atomic E-state index is 12.7. The highest BCUT2D eigenvalue weighted by Gasteiger charge is 2.26. The standard InChI is InChI=1S/C19H26ClN5O/c1-13-17(23-24-25(13)14-8-10-21-11-9-14)18(26)22-12-19(2,3)15-6-4-5-7-16(15)20/h4-7,14,21H,8-12H2,1-3H3,(H,22,26). The highest BCUT2D eigenvalue weighted by atomic mass is 35.5. The summed E-state index contributed by atoms with van der Waals surface area (Å²) in [5.74, 6) is -0.192. The Labute approximate surface area is 159 Å². The summed E-state index contributed by atoms with van der Waals surface area (Å²) in [6.45, 7) is 8.45. The van der Waals surface area contributed by atoms with Crippen LogP contribution in [0.25, 0.3) is 0 Å². The van der Waals surface area contributed by atoms with Crippen LogP contribution in [0.2, 0.25) is 5.02 Å². The Hall–Kier alpha value is -1.92. The third-order valence-electron chi connectivity index (χ3n) is 5.09. The fraction of sp³-hybridized carbons (Fsp3) is 0.526. The quantitative estimate of drug-likeness (QED) is 0.842. The first-order valence-electron chi connectivity index (χ1n) is 9.06. The van der Waals surface area contributed by atoms with Gasteiger partial charge in [-0.1, -0.05) is 48.9 Å². The molecule has 7 heteroatoms. The number of hydrogen-bond donors (Lipinski definition) is 2. The molecule has 0 radical (unpaired) electrons. The van der Waals surface area contributed by atoms with Crippen LogP contribution < -0.4 is 10.6 Å². The van der Waals surface area contributed by atoms with Crippen LogP contribution in [0.3, 0.4) is 0 Å². The molecule has 3 rings (SSSR count). The van der Waals surface area contributed by atoms with Crippen LogP contribution in [-0.4, -0.2) is 40.5 Å². The van der Waals surface area contributed by atoms with Gasteiger partial charge in [-0.25, -0.2) is 4.68 Å². The Morgan fingerprint density at radius 3 is 2.73 bits per heavy atom. The van der Waals surface area contributed by atoms with E-state index in [9.17, 15) is 4.79 Å². The summed E-state index contributed by atoms with van der Waals surface area (Å²) >= 11 is 6.31. The fourth-order valence-electron chi connectivity index (χ4n) is 3.44. The van der Waals surface area contributed by atoms with E-state index in [-0.39, 0.29) is 11.3 Å². The van der Waals surface area contributed by atoms with Gasteiger partial charge >= 0.3 is 0 Å². The smallest absolute Gasteiger partial charge is 0.273 e. The van der Waals surface area contributed by atoms with Crippen LogP contribution in [0, 0.1) is 6.92 Å². The number of amides is 1. The van der Waals surface area contributed by atoms with Gasteiger partial charge in [-0.05, 0) is 44.5 Å². The second kappa shape index (κ2) is 7.76. The summed E-state index contributed by atoms with van der Waals surface area (Å²) in [6.07, 6.45) is 2.01. The number of piperidine rings is 1. The molecule has 1 saturated heterocycles. The fourth-order valence-corrected chi connectivity index (χ4v) is 3.83. The zero-order chi connectivity index (χ0) is 18.7. The SMILES string of the molecule is Cc1c(C(=O)NCC(C)(C)c2ccccc2Cl)nnn1C1CCNCC1.